The fourth-order valence-electron chi connectivity index (χ4n) is 2.48. The summed E-state index contributed by atoms with van der Waals surface area (Å²) >= 11 is 1.73. The van der Waals surface area contributed by atoms with Gasteiger partial charge in [-0.15, -0.1) is 0 Å². The lowest BCUT2D eigenvalue weighted by molar-refractivity contribution is 0.0690. The number of aromatic nitrogens is 1. The molecule has 112 valence electrons. The van der Waals surface area contributed by atoms with Crippen molar-refractivity contribution < 1.29 is 18.3 Å². The summed E-state index contributed by atoms with van der Waals surface area (Å²) in [6.45, 7) is 3.11. The maximum atomic E-state index is 12.7. The van der Waals surface area contributed by atoms with E-state index in [-0.39, 0.29) is 22.2 Å². The van der Waals surface area contributed by atoms with Gasteiger partial charge in [-0.05, 0) is 26.0 Å². The molecule has 0 aromatic carbocycles. The van der Waals surface area contributed by atoms with Crippen LogP contribution in [0.1, 0.15) is 28.2 Å². The first-order chi connectivity index (χ1) is 9.26. The number of nitrogens with zero attached hydrogens (tertiary/aromatic N) is 1. The van der Waals surface area contributed by atoms with Crippen LogP contribution in [0.2, 0.25) is 0 Å². The van der Waals surface area contributed by atoms with Gasteiger partial charge in [0, 0.05) is 30.1 Å². The van der Waals surface area contributed by atoms with E-state index < -0.39 is 16.0 Å². The van der Waals surface area contributed by atoms with Gasteiger partial charge in [-0.2, -0.15) is 16.1 Å². The zero-order valence-electron chi connectivity index (χ0n) is 11.6. The Hall–Kier alpha value is -0.990. The summed E-state index contributed by atoms with van der Waals surface area (Å²) in [6.07, 6.45) is 0.828. The topological polar surface area (TPSA) is 90.5 Å². The number of carbonyl (C=O) groups is 1. The molecule has 0 amide bonds. The molecule has 20 heavy (non-hydrogen) atoms. The molecule has 0 radical (unpaired) electrons. The molecular weight excluding hydrogens is 300 g/mol. The lowest BCUT2D eigenvalue weighted by atomic mass is 10.2. The first kappa shape index (κ1) is 15.4. The van der Waals surface area contributed by atoms with E-state index >= 15 is 0 Å². The first-order valence-electron chi connectivity index (χ1n) is 6.25. The number of H-pyrrole nitrogens is 1. The van der Waals surface area contributed by atoms with E-state index in [0.717, 1.165) is 17.9 Å². The first-order valence-corrected chi connectivity index (χ1v) is 8.84. The lowest BCUT2D eigenvalue weighted by Crippen LogP contribution is -2.37. The van der Waals surface area contributed by atoms with Crippen molar-refractivity contribution in [1.29, 1.82) is 0 Å². The third-order valence-electron chi connectivity index (χ3n) is 3.64. The number of nitrogens with one attached hydrogen (secondary N) is 1. The zero-order valence-corrected chi connectivity index (χ0v) is 13.3. The number of sulfonamides is 1. The van der Waals surface area contributed by atoms with Crippen molar-refractivity contribution in [2.75, 3.05) is 18.6 Å². The summed E-state index contributed by atoms with van der Waals surface area (Å²) in [4.78, 5) is 13.8. The number of hydrogen-bond donors (Lipinski definition) is 2. The van der Waals surface area contributed by atoms with E-state index in [1.165, 1.54) is 11.2 Å². The molecule has 2 N–H and O–H groups in total. The summed E-state index contributed by atoms with van der Waals surface area (Å²) in [7, 11) is -2.10. The Bertz CT molecular complexity index is 630. The molecule has 1 aromatic rings. The van der Waals surface area contributed by atoms with Gasteiger partial charge in [-0.25, -0.2) is 13.2 Å². The highest BCUT2D eigenvalue weighted by Crippen LogP contribution is 2.30. The molecule has 1 aromatic heterocycles. The Kier molecular flexibility index (Phi) is 4.17. The molecule has 6 nitrogen and oxygen atoms in total. The molecule has 8 heteroatoms. The number of carboxylic acids is 1. The molecule has 1 fully saturated rings. The number of hydrogen-bond acceptors (Lipinski definition) is 4. The Morgan fingerprint density at radius 2 is 2.10 bits per heavy atom. The monoisotopic (exact) mass is 318 g/mol. The summed E-state index contributed by atoms with van der Waals surface area (Å²) in [6, 6.07) is -0.0213. The minimum absolute atomic E-state index is 0.0213. The second-order valence-corrected chi connectivity index (χ2v) is 8.01. The Morgan fingerprint density at radius 1 is 1.45 bits per heavy atom. The van der Waals surface area contributed by atoms with E-state index in [2.05, 4.69) is 4.98 Å². The number of rotatable bonds is 4. The van der Waals surface area contributed by atoms with Crippen molar-refractivity contribution in [2.45, 2.75) is 31.2 Å². The van der Waals surface area contributed by atoms with Crippen LogP contribution in [0, 0.1) is 13.8 Å². The molecule has 0 bridgehead atoms. The normalized spacial score (nSPS) is 19.7. The molecule has 1 atom stereocenters. The van der Waals surface area contributed by atoms with Gasteiger partial charge in [0.05, 0.1) is 0 Å². The number of aryl methyl sites for hydroxylation is 1. The molecule has 1 aliphatic rings. The van der Waals surface area contributed by atoms with Crippen LogP contribution in [-0.2, 0) is 10.0 Å². The third kappa shape index (κ3) is 2.47. The van der Waals surface area contributed by atoms with Crippen molar-refractivity contribution in [3.8, 4) is 0 Å². The fraction of sp³-hybridized carbons (Fsp3) is 0.583. The molecule has 0 saturated carbocycles. The SMILES string of the molecule is Cc1[nH]c(C(=O)O)c(C)c1S(=O)(=O)N(C)C1CCSC1. The van der Waals surface area contributed by atoms with Crippen molar-refractivity contribution >= 4 is 27.8 Å². The van der Waals surface area contributed by atoms with Crippen LogP contribution >= 0.6 is 11.8 Å². The van der Waals surface area contributed by atoms with E-state index in [1.54, 1.807) is 25.7 Å². The van der Waals surface area contributed by atoms with Gasteiger partial charge in [0.1, 0.15) is 10.6 Å². The van der Waals surface area contributed by atoms with Crippen LogP contribution in [0.15, 0.2) is 4.90 Å². The summed E-state index contributed by atoms with van der Waals surface area (Å²) in [5.74, 6) is 0.589. The highest BCUT2D eigenvalue weighted by molar-refractivity contribution is 7.99. The molecule has 2 heterocycles. The van der Waals surface area contributed by atoms with Crippen LogP contribution < -0.4 is 0 Å². The Labute approximate surface area is 122 Å². The highest BCUT2D eigenvalue weighted by Gasteiger charge is 2.34. The lowest BCUT2D eigenvalue weighted by Gasteiger charge is -2.23. The Balaban J connectivity index is 2.46. The van der Waals surface area contributed by atoms with Gasteiger partial charge >= 0.3 is 5.97 Å². The third-order valence-corrected chi connectivity index (χ3v) is 6.97. The maximum Gasteiger partial charge on any atom is 0.352 e. The highest BCUT2D eigenvalue weighted by atomic mass is 32.2. The molecule has 0 spiro atoms. The van der Waals surface area contributed by atoms with Crippen molar-refractivity contribution in [3.05, 3.63) is 17.0 Å². The number of carboxylic acid groups (broad SMARTS) is 1. The molecule has 1 unspecified atom stereocenters. The van der Waals surface area contributed by atoms with Crippen LogP contribution in [0.4, 0.5) is 0 Å². The van der Waals surface area contributed by atoms with Gasteiger partial charge in [-0.3, -0.25) is 0 Å². The summed E-state index contributed by atoms with van der Waals surface area (Å²) in [5, 5.41) is 9.08. The molecule has 1 saturated heterocycles. The van der Waals surface area contributed by atoms with Crippen molar-refractivity contribution in [1.82, 2.24) is 9.29 Å². The van der Waals surface area contributed by atoms with E-state index in [1.807, 2.05) is 0 Å². The van der Waals surface area contributed by atoms with Crippen LogP contribution in [-0.4, -0.2) is 53.4 Å². The molecule has 2 rings (SSSR count). The summed E-state index contributed by atoms with van der Waals surface area (Å²) < 4.78 is 26.8. The second-order valence-electron chi connectivity index (χ2n) is 4.92. The van der Waals surface area contributed by atoms with E-state index in [0.29, 0.717) is 5.69 Å². The fourth-order valence-corrected chi connectivity index (χ4v) is 5.63. The average molecular weight is 318 g/mol. The van der Waals surface area contributed by atoms with E-state index in [9.17, 15) is 13.2 Å². The van der Waals surface area contributed by atoms with Crippen LogP contribution in [0.3, 0.4) is 0 Å². The minimum atomic E-state index is -3.67. The molecule has 0 aliphatic carbocycles. The summed E-state index contributed by atoms with van der Waals surface area (Å²) in [5.41, 5.74) is 0.583. The van der Waals surface area contributed by atoms with Crippen molar-refractivity contribution in [3.63, 3.8) is 0 Å². The van der Waals surface area contributed by atoms with Gasteiger partial charge in [0.15, 0.2) is 0 Å². The quantitative estimate of drug-likeness (QED) is 0.877. The van der Waals surface area contributed by atoms with Gasteiger partial charge < -0.3 is 10.1 Å². The predicted octanol–water partition coefficient (Wildman–Crippen LogP) is 1.46. The average Bonchev–Trinajstić information content (AvgIpc) is 2.96. The zero-order chi connectivity index (χ0) is 15.1. The van der Waals surface area contributed by atoms with Crippen LogP contribution in [0.5, 0.6) is 0 Å². The largest absolute Gasteiger partial charge is 0.477 e. The van der Waals surface area contributed by atoms with Gasteiger partial charge in [-0.1, -0.05) is 0 Å². The molecule has 1 aliphatic heterocycles. The number of aromatic amines is 1. The molecular formula is C12H18N2O4S2. The smallest absolute Gasteiger partial charge is 0.352 e. The van der Waals surface area contributed by atoms with E-state index in [4.69, 9.17) is 5.11 Å². The second kappa shape index (κ2) is 5.42. The Morgan fingerprint density at radius 3 is 2.55 bits per heavy atom. The minimum Gasteiger partial charge on any atom is -0.477 e. The van der Waals surface area contributed by atoms with Crippen LogP contribution in [0.25, 0.3) is 0 Å². The standard InChI is InChI=1S/C12H18N2O4S2/c1-7-10(12(15)16)13-8(2)11(7)20(17,18)14(3)9-4-5-19-6-9/h9,13H,4-6H2,1-3H3,(H,15,16). The number of thioether (sulfide) groups is 1. The maximum absolute atomic E-state index is 12.7. The number of aromatic carboxylic acids is 1. The van der Waals surface area contributed by atoms with Crippen molar-refractivity contribution in [2.24, 2.45) is 0 Å². The van der Waals surface area contributed by atoms with Gasteiger partial charge in [0.2, 0.25) is 10.0 Å². The predicted molar refractivity (Wildman–Crippen MR) is 77.9 cm³/mol. The van der Waals surface area contributed by atoms with Gasteiger partial charge in [0.25, 0.3) is 0 Å².